The fourth-order valence-electron chi connectivity index (χ4n) is 5.59. The number of hydrogen-bond acceptors (Lipinski definition) is 8. The molecule has 35 heavy (non-hydrogen) atoms. The summed E-state index contributed by atoms with van der Waals surface area (Å²) in [4.78, 5) is 38.7. The number of carbonyl (C=O) groups excluding carboxylic acids is 2. The molecule has 1 saturated heterocycles. The number of carbonyl (C=O) groups is 2. The molecule has 2 aliphatic rings. The Morgan fingerprint density at radius 2 is 1.80 bits per heavy atom. The first-order chi connectivity index (χ1) is 16.6. The van der Waals surface area contributed by atoms with Crippen LogP contribution in [0.5, 0.6) is 5.75 Å². The Kier molecular flexibility index (Phi) is 6.69. The second-order valence-corrected chi connectivity index (χ2v) is 10.8. The number of halogens is 1. The van der Waals surface area contributed by atoms with Crippen LogP contribution in [0.3, 0.4) is 0 Å². The number of aromatic nitrogens is 3. The van der Waals surface area contributed by atoms with E-state index < -0.39 is 10.8 Å². The first kappa shape index (κ1) is 24.9. The molecule has 1 aliphatic heterocycles. The van der Waals surface area contributed by atoms with Gasteiger partial charge in [-0.25, -0.2) is 15.0 Å². The van der Waals surface area contributed by atoms with Crippen LogP contribution >= 0.6 is 11.6 Å². The fraction of sp³-hybridized carbons (Fsp3) is 0.520. The van der Waals surface area contributed by atoms with E-state index in [9.17, 15) is 9.59 Å². The Morgan fingerprint density at radius 3 is 2.34 bits per heavy atom. The van der Waals surface area contributed by atoms with Crippen molar-refractivity contribution in [2.24, 2.45) is 16.7 Å². The lowest BCUT2D eigenvalue weighted by atomic mass is 9.49. The number of nitriles is 1. The van der Waals surface area contributed by atoms with E-state index in [0.29, 0.717) is 5.75 Å². The molecule has 9 nitrogen and oxygen atoms in total. The first-order valence-corrected chi connectivity index (χ1v) is 12.0. The van der Waals surface area contributed by atoms with Gasteiger partial charge in [-0.1, -0.05) is 39.3 Å². The van der Waals surface area contributed by atoms with Crippen LogP contribution in [0.2, 0.25) is 5.02 Å². The number of pyridine rings is 1. The van der Waals surface area contributed by atoms with Crippen molar-refractivity contribution in [1.82, 2.24) is 20.3 Å². The van der Waals surface area contributed by atoms with Gasteiger partial charge in [0.15, 0.2) is 5.69 Å². The van der Waals surface area contributed by atoms with Crippen molar-refractivity contribution in [3.8, 4) is 11.8 Å². The predicted octanol–water partition coefficient (Wildman–Crippen LogP) is 3.42. The predicted molar refractivity (Wildman–Crippen MR) is 130 cm³/mol. The van der Waals surface area contributed by atoms with E-state index in [2.05, 4.69) is 25.2 Å². The van der Waals surface area contributed by atoms with Gasteiger partial charge in [-0.15, -0.1) is 0 Å². The maximum atomic E-state index is 13.0. The van der Waals surface area contributed by atoms with Crippen molar-refractivity contribution in [1.29, 1.82) is 5.26 Å². The second-order valence-electron chi connectivity index (χ2n) is 10.4. The monoisotopic (exact) mass is 496 g/mol. The number of nitrogens with one attached hydrogen (secondary N) is 1. The van der Waals surface area contributed by atoms with Gasteiger partial charge in [-0.3, -0.25) is 4.79 Å². The summed E-state index contributed by atoms with van der Waals surface area (Å²) < 4.78 is 6.21. The van der Waals surface area contributed by atoms with Crippen LogP contribution in [0.15, 0.2) is 24.7 Å². The molecule has 184 valence electrons. The molecule has 0 bridgehead atoms. The summed E-state index contributed by atoms with van der Waals surface area (Å²) in [6.07, 6.45) is 7.22. The smallest absolute Gasteiger partial charge is 0.289 e. The SMILES string of the molecule is CC1(C)[C@H](NC(=O)c2ncc(N3CCC(C=O)CC3)cn2)C(C)(C)[C@H]1Oc1cnc(C#N)c(Cl)c1. The minimum atomic E-state index is -0.400. The van der Waals surface area contributed by atoms with E-state index in [1.54, 1.807) is 18.5 Å². The highest BCUT2D eigenvalue weighted by Gasteiger charge is 2.64. The molecule has 10 heteroatoms. The number of piperidine rings is 1. The Bertz CT molecular complexity index is 1140. The summed E-state index contributed by atoms with van der Waals surface area (Å²) in [6.45, 7) is 9.64. The molecule has 0 spiro atoms. The summed E-state index contributed by atoms with van der Waals surface area (Å²) in [5.41, 5.74) is 0.191. The number of rotatable bonds is 6. The molecule has 1 aliphatic carbocycles. The van der Waals surface area contributed by atoms with Gasteiger partial charge >= 0.3 is 0 Å². The van der Waals surface area contributed by atoms with Gasteiger partial charge in [-0.2, -0.15) is 5.26 Å². The van der Waals surface area contributed by atoms with Crippen molar-refractivity contribution in [3.05, 3.63) is 41.2 Å². The minimum Gasteiger partial charge on any atom is -0.487 e. The van der Waals surface area contributed by atoms with Gasteiger partial charge in [0.25, 0.3) is 5.91 Å². The van der Waals surface area contributed by atoms with Gasteiger partial charge in [0.05, 0.1) is 29.3 Å². The summed E-state index contributed by atoms with van der Waals surface area (Å²) in [5, 5.41) is 12.4. The average molecular weight is 497 g/mol. The Hall–Kier alpha value is -3.25. The molecule has 2 aromatic rings. The highest BCUT2D eigenvalue weighted by molar-refractivity contribution is 6.31. The molecule has 1 amide bonds. The number of anilines is 1. The molecule has 1 saturated carbocycles. The molecule has 2 fully saturated rings. The normalized spacial score (nSPS) is 23.0. The summed E-state index contributed by atoms with van der Waals surface area (Å²) in [5.74, 6) is 0.352. The van der Waals surface area contributed by atoms with Gasteiger partial charge in [0, 0.05) is 41.9 Å². The molecule has 4 rings (SSSR count). The van der Waals surface area contributed by atoms with Gasteiger partial charge in [0.1, 0.15) is 24.2 Å². The molecule has 0 unspecified atom stereocenters. The highest BCUT2D eigenvalue weighted by atomic mass is 35.5. The van der Waals surface area contributed by atoms with Crippen molar-refractivity contribution in [2.75, 3.05) is 18.0 Å². The van der Waals surface area contributed by atoms with Crippen molar-refractivity contribution < 1.29 is 14.3 Å². The molecule has 3 heterocycles. The molecule has 1 N–H and O–H groups in total. The van der Waals surface area contributed by atoms with Gasteiger partial charge < -0.3 is 19.7 Å². The van der Waals surface area contributed by atoms with Crippen LogP contribution in [0, 0.1) is 28.1 Å². The van der Waals surface area contributed by atoms with Crippen molar-refractivity contribution in [3.63, 3.8) is 0 Å². The molecule has 0 radical (unpaired) electrons. The number of ether oxygens (including phenoxy) is 1. The topological polar surface area (TPSA) is 121 Å². The maximum Gasteiger partial charge on any atom is 0.289 e. The highest BCUT2D eigenvalue weighted by Crippen LogP contribution is 2.55. The number of amides is 1. The van der Waals surface area contributed by atoms with Crippen LogP contribution in [0.4, 0.5) is 5.69 Å². The zero-order chi connectivity index (χ0) is 25.4. The minimum absolute atomic E-state index is 0.107. The maximum absolute atomic E-state index is 13.0. The van der Waals surface area contributed by atoms with E-state index in [1.807, 2.05) is 33.8 Å². The summed E-state index contributed by atoms with van der Waals surface area (Å²) in [6, 6.07) is 3.32. The van der Waals surface area contributed by atoms with E-state index in [1.165, 1.54) is 6.20 Å². The van der Waals surface area contributed by atoms with Crippen LogP contribution in [-0.2, 0) is 4.79 Å². The lowest BCUT2D eigenvalue weighted by molar-refractivity contribution is -0.164. The summed E-state index contributed by atoms with van der Waals surface area (Å²) in [7, 11) is 0. The fourth-order valence-corrected chi connectivity index (χ4v) is 5.79. The zero-order valence-electron chi connectivity index (χ0n) is 20.3. The number of aldehydes is 1. The molecule has 0 aromatic carbocycles. The summed E-state index contributed by atoms with van der Waals surface area (Å²) >= 11 is 6.10. The molecular weight excluding hydrogens is 468 g/mol. The first-order valence-electron chi connectivity index (χ1n) is 11.6. The van der Waals surface area contributed by atoms with Crippen molar-refractivity contribution in [2.45, 2.75) is 52.7 Å². The van der Waals surface area contributed by atoms with Crippen LogP contribution in [0.1, 0.15) is 56.8 Å². The molecular formula is C25H29ClN6O3. The lowest BCUT2D eigenvalue weighted by Gasteiger charge is -2.62. The quantitative estimate of drug-likeness (QED) is 0.604. The van der Waals surface area contributed by atoms with Gasteiger partial charge in [0.2, 0.25) is 5.82 Å². The van der Waals surface area contributed by atoms with E-state index >= 15 is 0 Å². The third kappa shape index (κ3) is 4.67. The number of hydrogen-bond donors (Lipinski definition) is 1. The van der Waals surface area contributed by atoms with E-state index in [4.69, 9.17) is 21.6 Å². The van der Waals surface area contributed by atoms with Gasteiger partial charge in [-0.05, 0) is 12.8 Å². The van der Waals surface area contributed by atoms with Crippen LogP contribution < -0.4 is 15.0 Å². The van der Waals surface area contributed by atoms with Crippen LogP contribution in [0.25, 0.3) is 0 Å². The van der Waals surface area contributed by atoms with Crippen LogP contribution in [-0.4, -0.2) is 52.4 Å². The molecule has 2 aromatic heterocycles. The number of nitrogens with zero attached hydrogens (tertiary/aromatic N) is 5. The Morgan fingerprint density at radius 1 is 1.17 bits per heavy atom. The Balaban J connectivity index is 1.41. The second kappa shape index (κ2) is 9.42. The largest absolute Gasteiger partial charge is 0.487 e. The van der Waals surface area contributed by atoms with E-state index in [0.717, 1.165) is 37.9 Å². The van der Waals surface area contributed by atoms with E-state index in [-0.39, 0.29) is 40.5 Å². The standard InChI is InChI=1S/C25H29ClN6O3/c1-24(2)22(25(3,4)23(24)35-17-9-18(26)19(10-27)28-13-17)31-21(34)20-29-11-16(12-30-20)32-7-5-15(14-33)6-8-32/h9,11-15,22-23H,5-8H2,1-4H3,(H,31,34)/t22-,23-. The third-order valence-corrected chi connectivity index (χ3v) is 7.52. The third-order valence-electron chi connectivity index (χ3n) is 7.23. The van der Waals surface area contributed by atoms with Crippen molar-refractivity contribution >= 4 is 29.5 Å². The lowest BCUT2D eigenvalue weighted by Crippen LogP contribution is -2.74. The Labute approximate surface area is 209 Å². The average Bonchev–Trinajstić information content (AvgIpc) is 2.85. The molecule has 0 atom stereocenters. The zero-order valence-corrected chi connectivity index (χ0v) is 21.0.